The maximum atomic E-state index is 12.5. The van der Waals surface area contributed by atoms with Gasteiger partial charge in [-0.3, -0.25) is 9.59 Å². The van der Waals surface area contributed by atoms with Gasteiger partial charge in [0.15, 0.2) is 17.4 Å². The quantitative estimate of drug-likeness (QED) is 0.152. The Labute approximate surface area is 190 Å². The van der Waals surface area contributed by atoms with Crippen molar-refractivity contribution in [2.24, 2.45) is 16.5 Å². The first-order chi connectivity index (χ1) is 16.1. The summed E-state index contributed by atoms with van der Waals surface area (Å²) in [6.45, 7) is 0. The van der Waals surface area contributed by atoms with E-state index in [4.69, 9.17) is 26.4 Å². The first kappa shape index (κ1) is 23.6. The SMILES string of the molecule is NC(N)=Nc1ccc(C(=O)Oc2ccc(CC(=O)N[C@@H](CC(=O)O)C(=O)O)n3ncnc23)cc1. The van der Waals surface area contributed by atoms with Crippen molar-refractivity contribution in [3.63, 3.8) is 0 Å². The van der Waals surface area contributed by atoms with Crippen molar-refractivity contribution in [3.8, 4) is 5.75 Å². The summed E-state index contributed by atoms with van der Waals surface area (Å²) in [6, 6.07) is 7.26. The molecule has 0 aliphatic rings. The highest BCUT2D eigenvalue weighted by Crippen LogP contribution is 2.21. The van der Waals surface area contributed by atoms with Gasteiger partial charge in [0, 0.05) is 0 Å². The van der Waals surface area contributed by atoms with Crippen LogP contribution in [0.2, 0.25) is 0 Å². The molecule has 0 aliphatic carbocycles. The third kappa shape index (κ3) is 5.82. The summed E-state index contributed by atoms with van der Waals surface area (Å²) in [6.07, 6.45) is 0.0773. The Morgan fingerprint density at radius 3 is 2.41 bits per heavy atom. The number of nitrogens with zero attached hydrogens (tertiary/aromatic N) is 4. The molecule has 176 valence electrons. The minimum atomic E-state index is -1.59. The second kappa shape index (κ2) is 10.1. The van der Waals surface area contributed by atoms with E-state index in [9.17, 15) is 19.2 Å². The minimum absolute atomic E-state index is 0.0641. The molecule has 0 bridgehead atoms. The molecule has 0 saturated heterocycles. The van der Waals surface area contributed by atoms with Crippen molar-refractivity contribution in [3.05, 3.63) is 54.0 Å². The van der Waals surface area contributed by atoms with Crippen molar-refractivity contribution >= 4 is 41.1 Å². The number of fused-ring (bicyclic) bond motifs is 1. The highest BCUT2D eigenvalue weighted by Gasteiger charge is 2.24. The molecule has 3 rings (SSSR count). The van der Waals surface area contributed by atoms with Crippen LogP contribution in [0, 0.1) is 0 Å². The van der Waals surface area contributed by atoms with Gasteiger partial charge >= 0.3 is 17.9 Å². The van der Waals surface area contributed by atoms with Gasteiger partial charge in [-0.25, -0.2) is 24.1 Å². The van der Waals surface area contributed by atoms with Crippen LogP contribution in [0.3, 0.4) is 0 Å². The van der Waals surface area contributed by atoms with E-state index in [1.807, 2.05) is 0 Å². The summed E-state index contributed by atoms with van der Waals surface area (Å²) in [5.41, 5.74) is 11.7. The molecule has 2 heterocycles. The maximum absolute atomic E-state index is 12.5. The number of guanidine groups is 1. The molecule has 3 aromatic rings. The van der Waals surface area contributed by atoms with E-state index in [0.717, 1.165) is 0 Å². The number of carbonyl (C=O) groups is 4. The Hall–Kier alpha value is -5.01. The number of rotatable bonds is 9. The number of hydrogen-bond donors (Lipinski definition) is 5. The molecule has 1 atom stereocenters. The largest absolute Gasteiger partial charge is 0.481 e. The fourth-order valence-corrected chi connectivity index (χ4v) is 2.91. The lowest BCUT2D eigenvalue weighted by Gasteiger charge is -2.13. The Morgan fingerprint density at radius 2 is 1.79 bits per heavy atom. The molecular formula is C20H19N7O7. The molecule has 14 nitrogen and oxygen atoms in total. The second-order valence-corrected chi connectivity index (χ2v) is 6.89. The zero-order valence-corrected chi connectivity index (χ0v) is 17.4. The highest BCUT2D eigenvalue weighted by molar-refractivity contribution is 5.92. The van der Waals surface area contributed by atoms with Gasteiger partial charge in [-0.05, 0) is 36.4 Å². The number of esters is 1. The van der Waals surface area contributed by atoms with Crippen LogP contribution in [-0.2, 0) is 20.8 Å². The molecule has 0 spiro atoms. The number of carboxylic acids is 2. The number of amides is 1. The summed E-state index contributed by atoms with van der Waals surface area (Å²) >= 11 is 0. The number of aliphatic imine (C=N–C) groups is 1. The van der Waals surface area contributed by atoms with E-state index >= 15 is 0 Å². The number of hydrogen-bond acceptors (Lipinski definition) is 8. The summed E-state index contributed by atoms with van der Waals surface area (Å²) in [4.78, 5) is 54.6. The van der Waals surface area contributed by atoms with Crippen LogP contribution in [0.5, 0.6) is 5.75 Å². The second-order valence-electron chi connectivity index (χ2n) is 6.89. The van der Waals surface area contributed by atoms with E-state index in [1.165, 1.54) is 47.2 Å². The van der Waals surface area contributed by atoms with Gasteiger partial charge in [0.2, 0.25) is 5.91 Å². The molecule has 0 radical (unpaired) electrons. The highest BCUT2D eigenvalue weighted by atomic mass is 16.5. The van der Waals surface area contributed by atoms with Crippen molar-refractivity contribution < 1.29 is 34.1 Å². The average Bonchev–Trinajstić information content (AvgIpc) is 3.25. The molecule has 7 N–H and O–H groups in total. The van der Waals surface area contributed by atoms with Gasteiger partial charge in [-0.1, -0.05) is 0 Å². The third-order valence-corrected chi connectivity index (χ3v) is 4.38. The predicted molar refractivity (Wildman–Crippen MR) is 115 cm³/mol. The zero-order chi connectivity index (χ0) is 24.8. The first-order valence-electron chi connectivity index (χ1n) is 9.61. The first-order valence-corrected chi connectivity index (χ1v) is 9.61. The Bertz CT molecular complexity index is 1280. The number of nitrogens with one attached hydrogen (secondary N) is 1. The van der Waals surface area contributed by atoms with Crippen LogP contribution in [0.15, 0.2) is 47.7 Å². The molecule has 1 aromatic carbocycles. The molecule has 0 fully saturated rings. The van der Waals surface area contributed by atoms with E-state index in [2.05, 4.69) is 20.4 Å². The van der Waals surface area contributed by atoms with Crippen LogP contribution < -0.4 is 21.5 Å². The number of ether oxygens (including phenoxy) is 1. The lowest BCUT2D eigenvalue weighted by Crippen LogP contribution is -2.43. The van der Waals surface area contributed by atoms with Crippen molar-refractivity contribution in [2.75, 3.05) is 0 Å². The van der Waals surface area contributed by atoms with Crippen LogP contribution >= 0.6 is 0 Å². The summed E-state index contributed by atoms with van der Waals surface area (Å²) < 4.78 is 6.65. The fourth-order valence-electron chi connectivity index (χ4n) is 2.91. The van der Waals surface area contributed by atoms with Gasteiger partial charge in [-0.15, -0.1) is 0 Å². The number of pyridine rings is 1. The molecule has 0 aliphatic heterocycles. The monoisotopic (exact) mass is 469 g/mol. The number of aromatic nitrogens is 3. The smallest absolute Gasteiger partial charge is 0.343 e. The third-order valence-electron chi connectivity index (χ3n) is 4.38. The van der Waals surface area contributed by atoms with Crippen molar-refractivity contribution in [1.29, 1.82) is 0 Å². The van der Waals surface area contributed by atoms with Crippen LogP contribution in [0.1, 0.15) is 22.5 Å². The van der Waals surface area contributed by atoms with Gasteiger partial charge < -0.3 is 31.7 Å². The van der Waals surface area contributed by atoms with Crippen LogP contribution in [0.25, 0.3) is 5.65 Å². The van der Waals surface area contributed by atoms with Crippen molar-refractivity contribution in [1.82, 2.24) is 19.9 Å². The average molecular weight is 469 g/mol. The van der Waals surface area contributed by atoms with Gasteiger partial charge in [0.1, 0.15) is 12.4 Å². The fraction of sp³-hybridized carbons (Fsp3) is 0.150. The van der Waals surface area contributed by atoms with Crippen molar-refractivity contribution in [2.45, 2.75) is 18.9 Å². The summed E-state index contributed by atoms with van der Waals surface area (Å²) in [7, 11) is 0. The van der Waals surface area contributed by atoms with E-state index < -0.39 is 36.3 Å². The molecule has 34 heavy (non-hydrogen) atoms. The van der Waals surface area contributed by atoms with E-state index in [-0.39, 0.29) is 29.3 Å². The van der Waals surface area contributed by atoms with Crippen LogP contribution in [0.4, 0.5) is 5.69 Å². The molecular weight excluding hydrogens is 450 g/mol. The Balaban J connectivity index is 1.75. The number of nitrogens with two attached hydrogens (primary N) is 2. The lowest BCUT2D eigenvalue weighted by atomic mass is 10.2. The molecule has 0 unspecified atom stereocenters. The van der Waals surface area contributed by atoms with Gasteiger partial charge in [-0.2, -0.15) is 5.10 Å². The number of carbonyl (C=O) groups excluding carboxylic acids is 2. The summed E-state index contributed by atoms with van der Waals surface area (Å²) in [5.74, 6) is -4.34. The predicted octanol–water partition coefficient (Wildman–Crippen LogP) is -0.560. The Kier molecular flexibility index (Phi) is 7.01. The molecule has 14 heteroatoms. The lowest BCUT2D eigenvalue weighted by molar-refractivity contribution is -0.147. The van der Waals surface area contributed by atoms with Gasteiger partial charge in [0.05, 0.1) is 29.8 Å². The number of carboxylic acid groups (broad SMARTS) is 2. The normalized spacial score (nSPS) is 11.4. The standard InChI is InChI=1S/C20H19N7O7/c21-20(22)25-11-3-1-10(2-4-11)19(33)34-14-6-5-12(27-17(14)23-9-24-27)7-15(28)26-13(18(31)32)8-16(29)30/h1-6,9,13H,7-8H2,(H,26,28)(H,29,30)(H,31,32)(H4,21,22,25)/t13-/m0/s1. The Morgan fingerprint density at radius 1 is 1.09 bits per heavy atom. The molecule has 1 amide bonds. The minimum Gasteiger partial charge on any atom is -0.481 e. The summed E-state index contributed by atoms with van der Waals surface area (Å²) in [5, 5.41) is 24.0. The topological polar surface area (TPSA) is 225 Å². The maximum Gasteiger partial charge on any atom is 0.343 e. The zero-order valence-electron chi connectivity index (χ0n) is 17.4. The molecule has 0 saturated carbocycles. The number of aliphatic carboxylic acids is 2. The van der Waals surface area contributed by atoms with E-state index in [1.54, 1.807) is 0 Å². The van der Waals surface area contributed by atoms with Gasteiger partial charge in [0.25, 0.3) is 0 Å². The number of benzene rings is 1. The van der Waals surface area contributed by atoms with E-state index in [0.29, 0.717) is 11.4 Å². The molecule has 2 aromatic heterocycles. The van der Waals surface area contributed by atoms with Crippen LogP contribution in [-0.4, -0.2) is 60.6 Å².